The molecule has 1 unspecified atom stereocenters. The van der Waals surface area contributed by atoms with E-state index in [1.54, 1.807) is 0 Å². The third kappa shape index (κ3) is 14.8. The number of nitrogens with one attached hydrogen (secondary N) is 1. The molecule has 1 rings (SSSR count). The van der Waals surface area contributed by atoms with E-state index in [2.05, 4.69) is 12.2 Å². The van der Waals surface area contributed by atoms with Crippen LogP contribution in [0.5, 0.6) is 0 Å². The van der Waals surface area contributed by atoms with Crippen LogP contribution in [0.2, 0.25) is 0 Å². The smallest absolute Gasteiger partial charge is 0.222 e. The van der Waals surface area contributed by atoms with E-state index in [0.29, 0.717) is 52.4 Å². The Hall–Kier alpha value is -1.18. The Kier molecular flexibility index (Phi) is 18.4. The number of ether oxygens (including phenoxy) is 2. The van der Waals surface area contributed by atoms with Gasteiger partial charge < -0.3 is 25.4 Å². The molecule has 1 atom stereocenters. The number of carbonyl (C=O) groups excluding carboxylic acids is 2. The van der Waals surface area contributed by atoms with E-state index in [-0.39, 0.29) is 17.9 Å². The number of amides is 2. The maximum Gasteiger partial charge on any atom is 0.222 e. The lowest BCUT2D eigenvalue weighted by molar-refractivity contribution is -0.133. The van der Waals surface area contributed by atoms with Gasteiger partial charge in [0.25, 0.3) is 0 Å². The molecule has 2 amide bonds. The van der Waals surface area contributed by atoms with Gasteiger partial charge in [0.05, 0.1) is 26.4 Å². The molecule has 0 aromatic carbocycles. The fraction of sp³-hybridized carbons (Fsp3) is 0.920. The summed E-state index contributed by atoms with van der Waals surface area (Å²) in [6.07, 6.45) is 15.6. The number of rotatable bonds is 21. The Morgan fingerprint density at radius 2 is 1.53 bits per heavy atom. The van der Waals surface area contributed by atoms with Crippen molar-refractivity contribution >= 4 is 11.8 Å². The van der Waals surface area contributed by atoms with Crippen LogP contribution in [0.1, 0.15) is 96.8 Å². The third-order valence-corrected chi connectivity index (χ3v) is 6.07. The largest absolute Gasteiger partial charge is 0.378 e. The first-order valence-corrected chi connectivity index (χ1v) is 13.1. The minimum absolute atomic E-state index is 0.00313. The normalized spacial score (nSPS) is 15.9. The van der Waals surface area contributed by atoms with Gasteiger partial charge in [0.2, 0.25) is 11.8 Å². The minimum atomic E-state index is -0.00313. The Balaban J connectivity index is 2.05. The molecule has 32 heavy (non-hydrogen) atoms. The second kappa shape index (κ2) is 20.4. The molecule has 0 radical (unpaired) electrons. The summed E-state index contributed by atoms with van der Waals surface area (Å²) in [6.45, 7) is 6.05. The summed E-state index contributed by atoms with van der Waals surface area (Å²) in [6, 6.07) is 0.0520. The van der Waals surface area contributed by atoms with E-state index in [1.165, 1.54) is 51.4 Å². The van der Waals surface area contributed by atoms with E-state index >= 15 is 0 Å². The van der Waals surface area contributed by atoms with Crippen LogP contribution in [0.25, 0.3) is 0 Å². The zero-order valence-corrected chi connectivity index (χ0v) is 20.6. The summed E-state index contributed by atoms with van der Waals surface area (Å²) in [4.78, 5) is 26.8. The van der Waals surface area contributed by atoms with Crippen LogP contribution in [-0.2, 0) is 19.1 Å². The second-order valence-electron chi connectivity index (χ2n) is 8.88. The van der Waals surface area contributed by atoms with Gasteiger partial charge >= 0.3 is 0 Å². The number of likely N-dealkylation sites (tertiary alicyclic amines) is 1. The first-order chi connectivity index (χ1) is 15.7. The maximum absolute atomic E-state index is 12.6. The molecule has 3 N–H and O–H groups in total. The average molecular weight is 456 g/mol. The van der Waals surface area contributed by atoms with E-state index in [0.717, 1.165) is 32.2 Å². The highest BCUT2D eigenvalue weighted by Crippen LogP contribution is 2.22. The van der Waals surface area contributed by atoms with E-state index in [4.69, 9.17) is 15.2 Å². The summed E-state index contributed by atoms with van der Waals surface area (Å²) < 4.78 is 10.6. The van der Waals surface area contributed by atoms with Gasteiger partial charge in [-0.15, -0.1) is 0 Å². The van der Waals surface area contributed by atoms with Crippen molar-refractivity contribution in [3.8, 4) is 0 Å². The van der Waals surface area contributed by atoms with Crippen molar-refractivity contribution < 1.29 is 19.1 Å². The van der Waals surface area contributed by atoms with Crippen molar-refractivity contribution in [2.75, 3.05) is 46.1 Å². The van der Waals surface area contributed by atoms with Crippen molar-refractivity contribution in [1.29, 1.82) is 0 Å². The molecule has 7 heteroatoms. The standard InChI is InChI=1S/C25H49N3O4/c1-2-3-4-5-6-7-8-9-10-11-14-25(30)28-17-12-13-23(28)22-24(29)27-16-19-32-21-20-31-18-15-26/h23H,2-22,26H2,1H3,(H,27,29). The molecule has 0 spiro atoms. The third-order valence-electron chi connectivity index (χ3n) is 6.07. The molecule has 0 aliphatic carbocycles. The van der Waals surface area contributed by atoms with Crippen LogP contribution >= 0.6 is 0 Å². The molecular weight excluding hydrogens is 406 g/mol. The van der Waals surface area contributed by atoms with E-state index in [1.807, 2.05) is 4.90 Å². The fourth-order valence-electron chi connectivity index (χ4n) is 4.24. The molecule has 1 fully saturated rings. The van der Waals surface area contributed by atoms with Gasteiger partial charge in [-0.25, -0.2) is 0 Å². The topological polar surface area (TPSA) is 93.9 Å². The highest BCUT2D eigenvalue weighted by Gasteiger charge is 2.29. The van der Waals surface area contributed by atoms with Crippen molar-refractivity contribution in [3.63, 3.8) is 0 Å². The van der Waals surface area contributed by atoms with Crippen LogP contribution in [-0.4, -0.2) is 68.8 Å². The molecular formula is C25H49N3O4. The average Bonchev–Trinajstić information content (AvgIpc) is 3.25. The second-order valence-corrected chi connectivity index (χ2v) is 8.88. The maximum atomic E-state index is 12.6. The van der Waals surface area contributed by atoms with Gasteiger partial charge in [-0.2, -0.15) is 0 Å². The molecule has 7 nitrogen and oxygen atoms in total. The van der Waals surface area contributed by atoms with Gasteiger partial charge in [-0.3, -0.25) is 9.59 Å². The van der Waals surface area contributed by atoms with Gasteiger partial charge in [-0.1, -0.05) is 64.7 Å². The Morgan fingerprint density at radius 3 is 2.19 bits per heavy atom. The molecule has 0 aromatic rings. The summed E-state index contributed by atoms with van der Waals surface area (Å²) in [5, 5.41) is 2.90. The zero-order valence-electron chi connectivity index (χ0n) is 20.6. The summed E-state index contributed by atoms with van der Waals surface area (Å²) in [7, 11) is 0. The lowest BCUT2D eigenvalue weighted by Crippen LogP contribution is -2.39. The molecule has 188 valence electrons. The van der Waals surface area contributed by atoms with Crippen LogP contribution in [0.3, 0.4) is 0 Å². The number of nitrogens with two attached hydrogens (primary N) is 1. The molecule has 1 aliphatic rings. The monoisotopic (exact) mass is 455 g/mol. The summed E-state index contributed by atoms with van der Waals surface area (Å²) in [5.74, 6) is 0.220. The van der Waals surface area contributed by atoms with Gasteiger partial charge in [0.1, 0.15) is 0 Å². The zero-order chi connectivity index (χ0) is 23.3. The molecule has 1 saturated heterocycles. The molecule has 0 aromatic heterocycles. The Labute approximate surface area is 196 Å². The van der Waals surface area contributed by atoms with E-state index < -0.39 is 0 Å². The Bertz CT molecular complexity index is 476. The SMILES string of the molecule is CCCCCCCCCCCCC(=O)N1CCCC1CC(=O)NCCOCCOCCN. The van der Waals surface area contributed by atoms with Crippen LogP contribution < -0.4 is 11.1 Å². The lowest BCUT2D eigenvalue weighted by Gasteiger charge is -2.24. The summed E-state index contributed by atoms with van der Waals surface area (Å²) in [5.41, 5.74) is 5.34. The quantitative estimate of drug-likeness (QED) is 0.257. The van der Waals surface area contributed by atoms with Crippen LogP contribution in [0, 0.1) is 0 Å². The van der Waals surface area contributed by atoms with Crippen molar-refractivity contribution in [2.45, 2.75) is 103 Å². The minimum Gasteiger partial charge on any atom is -0.378 e. The van der Waals surface area contributed by atoms with Gasteiger partial charge in [0, 0.05) is 38.5 Å². The molecule has 1 heterocycles. The predicted molar refractivity (Wildman–Crippen MR) is 130 cm³/mol. The molecule has 0 saturated carbocycles. The highest BCUT2D eigenvalue weighted by atomic mass is 16.5. The molecule has 0 bridgehead atoms. The predicted octanol–water partition coefficient (Wildman–Crippen LogP) is 3.79. The van der Waals surface area contributed by atoms with Crippen LogP contribution in [0.4, 0.5) is 0 Å². The fourth-order valence-corrected chi connectivity index (χ4v) is 4.24. The van der Waals surface area contributed by atoms with Crippen molar-refractivity contribution in [3.05, 3.63) is 0 Å². The number of carbonyl (C=O) groups is 2. The van der Waals surface area contributed by atoms with Crippen molar-refractivity contribution in [1.82, 2.24) is 10.2 Å². The van der Waals surface area contributed by atoms with Gasteiger partial charge in [-0.05, 0) is 19.3 Å². The number of hydrogen-bond donors (Lipinski definition) is 2. The first-order valence-electron chi connectivity index (χ1n) is 13.1. The first kappa shape index (κ1) is 28.9. The van der Waals surface area contributed by atoms with E-state index in [9.17, 15) is 9.59 Å². The lowest BCUT2D eigenvalue weighted by atomic mass is 10.1. The number of hydrogen-bond acceptors (Lipinski definition) is 5. The summed E-state index contributed by atoms with van der Waals surface area (Å²) >= 11 is 0. The Morgan fingerprint density at radius 1 is 0.906 bits per heavy atom. The highest BCUT2D eigenvalue weighted by molar-refractivity contribution is 5.80. The molecule has 1 aliphatic heterocycles. The van der Waals surface area contributed by atoms with Gasteiger partial charge in [0.15, 0.2) is 0 Å². The number of nitrogens with zero attached hydrogens (tertiary/aromatic N) is 1. The number of unbranched alkanes of at least 4 members (excludes halogenated alkanes) is 9. The van der Waals surface area contributed by atoms with Crippen molar-refractivity contribution in [2.24, 2.45) is 5.73 Å². The van der Waals surface area contributed by atoms with Crippen LogP contribution in [0.15, 0.2) is 0 Å².